The predicted molar refractivity (Wildman–Crippen MR) is 63.9 cm³/mol. The van der Waals surface area contributed by atoms with E-state index >= 15 is 0 Å². The number of rotatable bonds is 4. The normalized spacial score (nSPS) is 12.7. The van der Waals surface area contributed by atoms with Crippen molar-refractivity contribution in [2.45, 2.75) is 13.0 Å². The van der Waals surface area contributed by atoms with E-state index in [0.717, 1.165) is 5.56 Å². The quantitative estimate of drug-likeness (QED) is 0.784. The van der Waals surface area contributed by atoms with E-state index in [2.05, 4.69) is 0 Å². The van der Waals surface area contributed by atoms with Gasteiger partial charge < -0.3 is 10.0 Å². The molecule has 1 atom stereocenters. The molecule has 0 aliphatic rings. The van der Waals surface area contributed by atoms with Crippen LogP contribution in [-0.4, -0.2) is 29.6 Å². The Morgan fingerprint density at radius 3 is 2.56 bits per heavy atom. The van der Waals surface area contributed by atoms with Gasteiger partial charge in [-0.15, -0.1) is 0 Å². The van der Waals surface area contributed by atoms with Crippen LogP contribution in [0.2, 0.25) is 0 Å². The van der Waals surface area contributed by atoms with Gasteiger partial charge in [0.2, 0.25) is 5.91 Å². The highest BCUT2D eigenvalue weighted by molar-refractivity contribution is 5.87. The zero-order valence-corrected chi connectivity index (χ0v) is 9.63. The molecular weight excluding hydrogens is 202 g/mol. The van der Waals surface area contributed by atoms with Crippen molar-refractivity contribution in [2.24, 2.45) is 0 Å². The summed E-state index contributed by atoms with van der Waals surface area (Å²) in [4.78, 5) is 13.2. The van der Waals surface area contributed by atoms with Crippen LogP contribution in [0.15, 0.2) is 42.5 Å². The number of amides is 1. The van der Waals surface area contributed by atoms with Crippen molar-refractivity contribution >= 4 is 5.91 Å². The van der Waals surface area contributed by atoms with E-state index in [1.54, 1.807) is 20.0 Å². The number of allylic oxidation sites excluding steroid dienone is 1. The summed E-state index contributed by atoms with van der Waals surface area (Å²) in [7, 11) is 1.69. The number of hydrogen-bond donors (Lipinski definition) is 1. The maximum Gasteiger partial charge on any atom is 0.246 e. The standard InChI is InChI=1S/C13H17NO2/c1-3-7-13(16)14(2)12(10-15)11-8-5-4-6-9-11/h3-9,12,15H,10H2,1-2H3/b7-3+/t12-/m0/s1. The molecule has 0 saturated heterocycles. The summed E-state index contributed by atoms with van der Waals surface area (Å²) in [5.74, 6) is -0.106. The molecular formula is C13H17NO2. The molecule has 16 heavy (non-hydrogen) atoms. The molecule has 3 nitrogen and oxygen atoms in total. The fourth-order valence-electron chi connectivity index (χ4n) is 1.54. The van der Waals surface area contributed by atoms with E-state index < -0.39 is 0 Å². The second-order valence-electron chi connectivity index (χ2n) is 3.56. The molecule has 0 saturated carbocycles. The Morgan fingerprint density at radius 1 is 1.44 bits per heavy atom. The monoisotopic (exact) mass is 219 g/mol. The van der Waals surface area contributed by atoms with E-state index in [1.807, 2.05) is 30.3 Å². The molecule has 1 aromatic carbocycles. The van der Waals surface area contributed by atoms with Crippen LogP contribution in [0.25, 0.3) is 0 Å². The number of aliphatic hydroxyl groups is 1. The maximum atomic E-state index is 11.6. The maximum absolute atomic E-state index is 11.6. The molecule has 0 radical (unpaired) electrons. The molecule has 0 spiro atoms. The highest BCUT2D eigenvalue weighted by Gasteiger charge is 2.18. The van der Waals surface area contributed by atoms with Crippen LogP contribution in [0.1, 0.15) is 18.5 Å². The summed E-state index contributed by atoms with van der Waals surface area (Å²) in [6.07, 6.45) is 3.18. The number of hydrogen-bond acceptors (Lipinski definition) is 2. The van der Waals surface area contributed by atoms with Gasteiger partial charge in [0.25, 0.3) is 0 Å². The Kier molecular flexibility index (Phi) is 4.73. The van der Waals surface area contributed by atoms with Gasteiger partial charge in [0, 0.05) is 7.05 Å². The van der Waals surface area contributed by atoms with Crippen molar-refractivity contribution in [1.29, 1.82) is 0 Å². The van der Waals surface area contributed by atoms with E-state index in [9.17, 15) is 9.90 Å². The van der Waals surface area contributed by atoms with Crippen LogP contribution < -0.4 is 0 Å². The molecule has 0 unspecified atom stereocenters. The topological polar surface area (TPSA) is 40.5 Å². The van der Waals surface area contributed by atoms with Crippen molar-refractivity contribution < 1.29 is 9.90 Å². The fourth-order valence-corrected chi connectivity index (χ4v) is 1.54. The first-order valence-corrected chi connectivity index (χ1v) is 5.26. The second-order valence-corrected chi connectivity index (χ2v) is 3.56. The van der Waals surface area contributed by atoms with Crippen LogP contribution in [0.3, 0.4) is 0 Å². The Balaban J connectivity index is 2.87. The summed E-state index contributed by atoms with van der Waals surface area (Å²) >= 11 is 0. The molecule has 0 aliphatic heterocycles. The molecule has 1 aromatic rings. The molecule has 0 aliphatic carbocycles. The Morgan fingerprint density at radius 2 is 2.06 bits per heavy atom. The molecule has 1 amide bonds. The smallest absolute Gasteiger partial charge is 0.246 e. The molecule has 0 bridgehead atoms. The number of carbonyl (C=O) groups is 1. The van der Waals surface area contributed by atoms with Gasteiger partial charge in [-0.3, -0.25) is 4.79 Å². The predicted octanol–water partition coefficient (Wildman–Crippen LogP) is 1.75. The fraction of sp³-hybridized carbons (Fsp3) is 0.308. The average molecular weight is 219 g/mol. The highest BCUT2D eigenvalue weighted by Crippen LogP contribution is 2.18. The minimum Gasteiger partial charge on any atom is -0.394 e. The number of benzene rings is 1. The van der Waals surface area contributed by atoms with E-state index in [4.69, 9.17) is 0 Å². The second kappa shape index (κ2) is 6.08. The van der Waals surface area contributed by atoms with Crippen molar-refractivity contribution in [3.05, 3.63) is 48.0 Å². The number of nitrogens with zero attached hydrogens (tertiary/aromatic N) is 1. The van der Waals surface area contributed by atoms with E-state index in [1.165, 1.54) is 11.0 Å². The zero-order chi connectivity index (χ0) is 12.0. The minimum atomic E-state index is -0.287. The molecule has 1 rings (SSSR count). The first-order valence-electron chi connectivity index (χ1n) is 5.26. The summed E-state index contributed by atoms with van der Waals surface area (Å²) in [5, 5.41) is 9.35. The molecule has 3 heteroatoms. The first-order chi connectivity index (χ1) is 7.70. The molecule has 86 valence electrons. The van der Waals surface area contributed by atoms with Gasteiger partial charge in [-0.05, 0) is 18.6 Å². The lowest BCUT2D eigenvalue weighted by Crippen LogP contribution is -2.31. The zero-order valence-electron chi connectivity index (χ0n) is 9.63. The third kappa shape index (κ3) is 2.94. The Bertz CT molecular complexity index is 359. The van der Waals surface area contributed by atoms with Gasteiger partial charge in [-0.25, -0.2) is 0 Å². The lowest BCUT2D eigenvalue weighted by Gasteiger charge is -2.25. The molecule has 1 N–H and O–H groups in total. The molecule has 0 aromatic heterocycles. The van der Waals surface area contributed by atoms with Crippen LogP contribution in [-0.2, 0) is 4.79 Å². The SMILES string of the molecule is C/C=C/C(=O)N(C)[C@@H](CO)c1ccccc1. The summed E-state index contributed by atoms with van der Waals surface area (Å²) in [6.45, 7) is 1.71. The van der Waals surface area contributed by atoms with Gasteiger partial charge in [-0.2, -0.15) is 0 Å². The number of likely N-dealkylation sites (N-methyl/N-ethyl adjacent to an activating group) is 1. The van der Waals surface area contributed by atoms with Gasteiger partial charge in [0.1, 0.15) is 0 Å². The Labute approximate surface area is 96.0 Å². The van der Waals surface area contributed by atoms with E-state index in [-0.39, 0.29) is 18.6 Å². The van der Waals surface area contributed by atoms with Gasteiger partial charge in [-0.1, -0.05) is 36.4 Å². The number of carbonyl (C=O) groups excluding carboxylic acids is 1. The molecule has 0 heterocycles. The van der Waals surface area contributed by atoms with Crippen molar-refractivity contribution in [1.82, 2.24) is 4.90 Å². The highest BCUT2D eigenvalue weighted by atomic mass is 16.3. The van der Waals surface area contributed by atoms with Crippen molar-refractivity contribution in [3.63, 3.8) is 0 Å². The van der Waals surface area contributed by atoms with Crippen molar-refractivity contribution in [2.75, 3.05) is 13.7 Å². The third-order valence-electron chi connectivity index (χ3n) is 2.48. The van der Waals surface area contributed by atoms with Crippen LogP contribution in [0.4, 0.5) is 0 Å². The van der Waals surface area contributed by atoms with Gasteiger partial charge in [0.05, 0.1) is 12.6 Å². The van der Waals surface area contributed by atoms with Crippen LogP contribution in [0, 0.1) is 0 Å². The Hall–Kier alpha value is -1.61. The van der Waals surface area contributed by atoms with Gasteiger partial charge >= 0.3 is 0 Å². The van der Waals surface area contributed by atoms with Crippen LogP contribution in [0.5, 0.6) is 0 Å². The third-order valence-corrected chi connectivity index (χ3v) is 2.48. The van der Waals surface area contributed by atoms with E-state index in [0.29, 0.717) is 0 Å². The molecule has 0 fully saturated rings. The van der Waals surface area contributed by atoms with Crippen molar-refractivity contribution in [3.8, 4) is 0 Å². The number of aliphatic hydroxyl groups excluding tert-OH is 1. The summed E-state index contributed by atoms with van der Waals surface area (Å²) in [5.41, 5.74) is 0.936. The average Bonchev–Trinajstić information content (AvgIpc) is 2.31. The lowest BCUT2D eigenvalue weighted by atomic mass is 10.1. The largest absolute Gasteiger partial charge is 0.394 e. The summed E-state index contributed by atoms with van der Waals surface area (Å²) < 4.78 is 0. The minimum absolute atomic E-state index is 0.0796. The lowest BCUT2D eigenvalue weighted by molar-refractivity contribution is -0.127. The summed E-state index contributed by atoms with van der Waals surface area (Å²) in [6, 6.07) is 9.22. The van der Waals surface area contributed by atoms with Crippen LogP contribution >= 0.6 is 0 Å². The first kappa shape index (κ1) is 12.5. The van der Waals surface area contributed by atoms with Gasteiger partial charge in [0.15, 0.2) is 0 Å².